The molecule has 4 nitrogen and oxygen atoms in total. The van der Waals surface area contributed by atoms with Gasteiger partial charge in [0.05, 0.1) is 5.75 Å². The van der Waals surface area contributed by atoms with Gasteiger partial charge >= 0.3 is 5.97 Å². The van der Waals surface area contributed by atoms with E-state index in [-0.39, 0.29) is 5.75 Å². The maximum atomic E-state index is 10.7. The van der Waals surface area contributed by atoms with Crippen molar-refractivity contribution < 1.29 is 9.90 Å². The fourth-order valence-electron chi connectivity index (χ4n) is 4.49. The number of piperidine rings is 1. The van der Waals surface area contributed by atoms with Gasteiger partial charge in [-0.1, -0.05) is 12.1 Å². The quantitative estimate of drug-likeness (QED) is 0.905. The van der Waals surface area contributed by atoms with Crippen LogP contribution in [0.4, 0.5) is 0 Å². The topological polar surface area (TPSA) is 56.3 Å². The van der Waals surface area contributed by atoms with Crippen molar-refractivity contribution in [2.24, 2.45) is 5.92 Å². The van der Waals surface area contributed by atoms with Crippen molar-refractivity contribution in [3.8, 4) is 0 Å². The molecule has 0 radical (unpaired) electrons. The van der Waals surface area contributed by atoms with Crippen molar-refractivity contribution in [1.29, 1.82) is 0 Å². The van der Waals surface area contributed by atoms with Crippen LogP contribution >= 0.6 is 11.8 Å². The molecule has 5 heteroatoms. The lowest BCUT2D eigenvalue weighted by atomic mass is 9.73. The number of nitrogens with one attached hydrogen (secondary N) is 1. The number of likely N-dealkylation sites (tertiary alicyclic amines) is 1. The molecule has 23 heavy (non-hydrogen) atoms. The lowest BCUT2D eigenvalue weighted by Crippen LogP contribution is -2.48. The van der Waals surface area contributed by atoms with E-state index in [2.05, 4.69) is 41.3 Å². The number of aromatic amines is 1. The zero-order chi connectivity index (χ0) is 16.0. The maximum absolute atomic E-state index is 10.7. The molecule has 1 aliphatic heterocycles. The first-order valence-corrected chi connectivity index (χ1v) is 9.37. The van der Waals surface area contributed by atoms with Gasteiger partial charge in [-0.15, -0.1) is 11.8 Å². The molecule has 0 bridgehead atoms. The lowest BCUT2D eigenvalue weighted by Gasteiger charge is -2.45. The molecule has 0 amide bonds. The Morgan fingerprint density at radius 1 is 1.48 bits per heavy atom. The van der Waals surface area contributed by atoms with Crippen LogP contribution in [0.1, 0.15) is 23.5 Å². The van der Waals surface area contributed by atoms with E-state index in [1.807, 2.05) is 0 Å². The number of benzene rings is 1. The molecule has 1 saturated heterocycles. The molecule has 0 unspecified atom stereocenters. The van der Waals surface area contributed by atoms with E-state index in [1.54, 1.807) is 11.8 Å². The molecular formula is C18H22N2O2S. The molecule has 1 aromatic heterocycles. The summed E-state index contributed by atoms with van der Waals surface area (Å²) in [5.74, 6) is 1.58. The molecule has 4 rings (SSSR count). The number of hydrogen-bond donors (Lipinski definition) is 2. The first kappa shape index (κ1) is 15.1. The first-order valence-electron chi connectivity index (χ1n) is 8.22. The summed E-state index contributed by atoms with van der Waals surface area (Å²) in [6.07, 6.45) is 4.46. The predicted octanol–water partition coefficient (Wildman–Crippen LogP) is 2.95. The summed E-state index contributed by atoms with van der Waals surface area (Å²) < 4.78 is 0. The fraction of sp³-hybridized carbons (Fsp3) is 0.500. The van der Waals surface area contributed by atoms with Gasteiger partial charge < -0.3 is 15.0 Å². The summed E-state index contributed by atoms with van der Waals surface area (Å²) in [5.41, 5.74) is 4.18. The van der Waals surface area contributed by atoms with E-state index in [0.717, 1.165) is 18.7 Å². The second kappa shape index (κ2) is 5.87. The van der Waals surface area contributed by atoms with Gasteiger partial charge in [0.15, 0.2) is 0 Å². The Morgan fingerprint density at radius 3 is 3.17 bits per heavy atom. The highest BCUT2D eigenvalue weighted by Gasteiger charge is 2.39. The van der Waals surface area contributed by atoms with E-state index in [1.165, 1.54) is 28.5 Å². The van der Waals surface area contributed by atoms with E-state index in [9.17, 15) is 4.79 Å². The number of carbonyl (C=O) groups is 1. The van der Waals surface area contributed by atoms with Crippen molar-refractivity contribution in [2.75, 3.05) is 25.1 Å². The van der Waals surface area contributed by atoms with Gasteiger partial charge in [-0.2, -0.15) is 0 Å². The van der Waals surface area contributed by atoms with Crippen LogP contribution in [-0.2, 0) is 11.2 Å². The lowest BCUT2D eigenvalue weighted by molar-refractivity contribution is -0.133. The number of fused-ring (bicyclic) bond motifs is 2. The molecule has 122 valence electrons. The molecule has 3 atom stereocenters. The molecular weight excluding hydrogens is 308 g/mol. The Hall–Kier alpha value is -1.46. The minimum absolute atomic E-state index is 0.214. The molecule has 1 fully saturated rings. The van der Waals surface area contributed by atoms with Gasteiger partial charge in [0.2, 0.25) is 0 Å². The summed E-state index contributed by atoms with van der Waals surface area (Å²) >= 11 is 1.56. The second-order valence-electron chi connectivity index (χ2n) is 6.91. The zero-order valence-corrected chi connectivity index (χ0v) is 14.1. The summed E-state index contributed by atoms with van der Waals surface area (Å²) in [5, 5.41) is 10.3. The summed E-state index contributed by atoms with van der Waals surface area (Å²) in [7, 11) is 2.23. The largest absolute Gasteiger partial charge is 0.481 e. The zero-order valence-electron chi connectivity index (χ0n) is 13.3. The Labute approximate surface area is 140 Å². The number of aliphatic carboxylic acids is 1. The van der Waals surface area contributed by atoms with Crippen molar-refractivity contribution in [1.82, 2.24) is 9.88 Å². The van der Waals surface area contributed by atoms with Crippen LogP contribution in [-0.4, -0.2) is 52.1 Å². The molecule has 2 heterocycles. The van der Waals surface area contributed by atoms with Gasteiger partial charge in [-0.3, -0.25) is 4.79 Å². The van der Waals surface area contributed by atoms with Gasteiger partial charge in [0.1, 0.15) is 0 Å². The number of likely N-dealkylation sites (N-methyl/N-ethyl adjacent to an activating group) is 1. The van der Waals surface area contributed by atoms with Gasteiger partial charge in [0.25, 0.3) is 0 Å². The number of carboxylic acid groups (broad SMARTS) is 1. The van der Waals surface area contributed by atoms with Crippen molar-refractivity contribution in [3.05, 3.63) is 35.5 Å². The fourth-order valence-corrected chi connectivity index (χ4v) is 5.36. The standard InChI is InChI=1S/C18H22N2O2S/c1-20-8-11(9-23-10-17(21)22)5-14-13-3-2-4-15-18(13)12(7-19-15)6-16(14)20/h2-4,7,11,14,16,19H,5-6,8-10H2,1H3,(H,21,22)/t11-,14-,16-/m1/s1. The third kappa shape index (κ3) is 2.66. The SMILES string of the molecule is CN1C[C@H](CSCC(=O)O)C[C@@H]2c3cccc4[nH]cc(c34)C[C@H]21. The highest BCUT2D eigenvalue weighted by atomic mass is 32.2. The minimum atomic E-state index is -0.712. The minimum Gasteiger partial charge on any atom is -0.481 e. The van der Waals surface area contributed by atoms with Crippen molar-refractivity contribution >= 4 is 28.6 Å². The average molecular weight is 330 g/mol. The average Bonchev–Trinajstić information content (AvgIpc) is 2.93. The number of carboxylic acids is 1. The summed E-state index contributed by atoms with van der Waals surface area (Å²) in [4.78, 5) is 16.6. The second-order valence-corrected chi connectivity index (χ2v) is 7.94. The first-order chi connectivity index (χ1) is 11.1. The van der Waals surface area contributed by atoms with Crippen LogP contribution in [0.15, 0.2) is 24.4 Å². The van der Waals surface area contributed by atoms with Gasteiger partial charge in [-0.25, -0.2) is 0 Å². The predicted molar refractivity (Wildman–Crippen MR) is 94.2 cm³/mol. The van der Waals surface area contributed by atoms with Crippen molar-refractivity contribution in [3.63, 3.8) is 0 Å². The summed E-state index contributed by atoms with van der Waals surface area (Å²) in [6, 6.07) is 7.18. The molecule has 1 aliphatic carbocycles. The highest BCUT2D eigenvalue weighted by molar-refractivity contribution is 7.99. The Kier molecular flexibility index (Phi) is 3.85. The van der Waals surface area contributed by atoms with Crippen LogP contribution in [0.2, 0.25) is 0 Å². The van der Waals surface area contributed by atoms with Crippen LogP contribution < -0.4 is 0 Å². The van der Waals surface area contributed by atoms with E-state index in [4.69, 9.17) is 5.11 Å². The molecule has 2 aromatic rings. The van der Waals surface area contributed by atoms with Crippen molar-refractivity contribution in [2.45, 2.75) is 24.8 Å². The van der Waals surface area contributed by atoms with Crippen LogP contribution in [0.3, 0.4) is 0 Å². The van der Waals surface area contributed by atoms with Crippen LogP contribution in [0, 0.1) is 5.92 Å². The molecule has 0 spiro atoms. The molecule has 2 aliphatic rings. The van der Waals surface area contributed by atoms with Crippen LogP contribution in [0.5, 0.6) is 0 Å². The maximum Gasteiger partial charge on any atom is 0.313 e. The molecule has 0 saturated carbocycles. The van der Waals surface area contributed by atoms with Gasteiger partial charge in [-0.05, 0) is 48.8 Å². The number of H-pyrrole nitrogens is 1. The number of nitrogens with zero attached hydrogens (tertiary/aromatic N) is 1. The van der Waals surface area contributed by atoms with E-state index < -0.39 is 5.97 Å². The Balaban J connectivity index is 1.59. The third-order valence-corrected chi connectivity index (χ3v) is 6.55. The number of aromatic nitrogens is 1. The Morgan fingerprint density at radius 2 is 2.35 bits per heavy atom. The van der Waals surface area contributed by atoms with Crippen LogP contribution in [0.25, 0.3) is 10.9 Å². The Bertz CT molecular complexity index is 742. The molecule has 2 N–H and O–H groups in total. The number of hydrogen-bond acceptors (Lipinski definition) is 3. The van der Waals surface area contributed by atoms with E-state index >= 15 is 0 Å². The number of rotatable bonds is 4. The van der Waals surface area contributed by atoms with E-state index in [0.29, 0.717) is 17.9 Å². The normalized spacial score (nSPS) is 27.1. The number of thioether (sulfide) groups is 1. The smallest absolute Gasteiger partial charge is 0.313 e. The third-order valence-electron chi connectivity index (χ3n) is 5.39. The highest BCUT2D eigenvalue weighted by Crippen LogP contribution is 2.44. The van der Waals surface area contributed by atoms with Gasteiger partial charge in [0, 0.05) is 35.6 Å². The summed E-state index contributed by atoms with van der Waals surface area (Å²) in [6.45, 7) is 1.07. The molecule has 1 aromatic carbocycles. The monoisotopic (exact) mass is 330 g/mol.